The Morgan fingerprint density at radius 2 is 1.54 bits per heavy atom. The molecule has 2 fully saturated rings. The quantitative estimate of drug-likeness (QED) is 0.905. The summed E-state index contributed by atoms with van der Waals surface area (Å²) in [4.78, 5) is 14.9. The van der Waals surface area contributed by atoms with Crippen LogP contribution >= 0.6 is 0 Å². The number of piperidine rings is 1. The molecule has 5 heteroatoms. The number of hydrogen-bond donors (Lipinski definition) is 1. The maximum absolute atomic E-state index is 13.3. The highest BCUT2D eigenvalue weighted by Gasteiger charge is 2.38. The summed E-state index contributed by atoms with van der Waals surface area (Å²) in [5.74, 6) is -1.83. The van der Waals surface area contributed by atoms with Crippen molar-refractivity contribution in [3.63, 3.8) is 0 Å². The standard InChI is InChI=1S/C19H26F2N2O/c20-16-11-15(12-17(21)13-16)18(24)22-14-19(7-3-1-4-8-19)23-9-5-2-6-10-23/h11-13H,1-10,14H2,(H,22,24). The average molecular weight is 336 g/mol. The van der Waals surface area contributed by atoms with Gasteiger partial charge in [0.2, 0.25) is 0 Å². The van der Waals surface area contributed by atoms with E-state index in [1.165, 1.54) is 38.5 Å². The summed E-state index contributed by atoms with van der Waals surface area (Å²) in [6.45, 7) is 2.74. The van der Waals surface area contributed by atoms with E-state index in [0.29, 0.717) is 6.54 Å². The van der Waals surface area contributed by atoms with E-state index < -0.39 is 17.5 Å². The van der Waals surface area contributed by atoms with Gasteiger partial charge in [-0.1, -0.05) is 25.7 Å². The van der Waals surface area contributed by atoms with Crippen molar-refractivity contribution in [1.29, 1.82) is 0 Å². The first-order chi connectivity index (χ1) is 11.6. The minimum Gasteiger partial charge on any atom is -0.350 e. The minimum absolute atomic E-state index is 0.0141. The van der Waals surface area contributed by atoms with Crippen LogP contribution in [0, 0.1) is 11.6 Å². The zero-order valence-electron chi connectivity index (χ0n) is 14.1. The van der Waals surface area contributed by atoms with Crippen molar-refractivity contribution in [3.8, 4) is 0 Å². The fraction of sp³-hybridized carbons (Fsp3) is 0.632. The predicted octanol–water partition coefficient (Wildman–Crippen LogP) is 3.88. The van der Waals surface area contributed by atoms with E-state index in [9.17, 15) is 13.6 Å². The highest BCUT2D eigenvalue weighted by molar-refractivity contribution is 5.94. The van der Waals surface area contributed by atoms with Crippen LogP contribution in [0.15, 0.2) is 18.2 Å². The summed E-state index contributed by atoms with van der Waals surface area (Å²) >= 11 is 0. The number of carbonyl (C=O) groups is 1. The molecule has 1 aliphatic carbocycles. The van der Waals surface area contributed by atoms with Crippen molar-refractivity contribution < 1.29 is 13.6 Å². The fourth-order valence-electron chi connectivity index (χ4n) is 4.21. The molecule has 1 aromatic carbocycles. The molecular weight excluding hydrogens is 310 g/mol. The molecule has 1 amide bonds. The molecule has 0 bridgehead atoms. The lowest BCUT2D eigenvalue weighted by Gasteiger charge is -2.48. The van der Waals surface area contributed by atoms with Gasteiger partial charge in [0.25, 0.3) is 5.91 Å². The molecule has 1 aliphatic heterocycles. The van der Waals surface area contributed by atoms with Crippen molar-refractivity contribution in [2.45, 2.75) is 56.9 Å². The largest absolute Gasteiger partial charge is 0.350 e. The summed E-state index contributed by atoms with van der Waals surface area (Å²) < 4.78 is 26.6. The molecule has 3 nitrogen and oxygen atoms in total. The average Bonchev–Trinajstić information content (AvgIpc) is 2.60. The van der Waals surface area contributed by atoms with Gasteiger partial charge in [-0.15, -0.1) is 0 Å². The second-order valence-corrected chi connectivity index (χ2v) is 7.17. The lowest BCUT2D eigenvalue weighted by atomic mass is 9.79. The van der Waals surface area contributed by atoms with Gasteiger partial charge in [-0.2, -0.15) is 0 Å². The summed E-state index contributed by atoms with van der Waals surface area (Å²) in [6, 6.07) is 2.97. The minimum atomic E-state index is -0.719. The van der Waals surface area contributed by atoms with Crippen LogP contribution in [0.5, 0.6) is 0 Å². The Hall–Kier alpha value is -1.49. The van der Waals surface area contributed by atoms with Crippen LogP contribution in [-0.4, -0.2) is 36.0 Å². The first-order valence-electron chi connectivity index (χ1n) is 9.08. The Labute approximate surface area is 142 Å². The number of rotatable bonds is 4. The second kappa shape index (κ2) is 7.60. The molecule has 24 heavy (non-hydrogen) atoms. The molecular formula is C19H26F2N2O. The number of carbonyl (C=O) groups excluding carboxylic acids is 1. The number of nitrogens with zero attached hydrogens (tertiary/aromatic N) is 1. The lowest BCUT2D eigenvalue weighted by molar-refractivity contribution is 0.0326. The molecule has 1 saturated carbocycles. The van der Waals surface area contributed by atoms with Crippen molar-refractivity contribution in [2.24, 2.45) is 0 Å². The zero-order valence-corrected chi connectivity index (χ0v) is 14.1. The summed E-state index contributed by atoms with van der Waals surface area (Å²) in [7, 11) is 0. The highest BCUT2D eigenvalue weighted by atomic mass is 19.1. The zero-order chi connectivity index (χ0) is 17.0. The SMILES string of the molecule is O=C(NCC1(N2CCCCC2)CCCCC1)c1cc(F)cc(F)c1. The van der Waals surface area contributed by atoms with Crippen molar-refractivity contribution >= 4 is 5.91 Å². The number of amides is 1. The first-order valence-corrected chi connectivity index (χ1v) is 9.08. The molecule has 2 aliphatic rings. The van der Waals surface area contributed by atoms with Crippen LogP contribution in [0.2, 0.25) is 0 Å². The van der Waals surface area contributed by atoms with E-state index in [1.54, 1.807) is 0 Å². The maximum Gasteiger partial charge on any atom is 0.251 e. The van der Waals surface area contributed by atoms with Crippen LogP contribution in [0.3, 0.4) is 0 Å². The Kier molecular flexibility index (Phi) is 5.49. The number of likely N-dealkylation sites (tertiary alicyclic amines) is 1. The van der Waals surface area contributed by atoms with E-state index in [-0.39, 0.29) is 11.1 Å². The Morgan fingerprint density at radius 1 is 0.958 bits per heavy atom. The molecule has 1 aromatic rings. The smallest absolute Gasteiger partial charge is 0.251 e. The van der Waals surface area contributed by atoms with E-state index in [0.717, 1.165) is 44.1 Å². The summed E-state index contributed by atoms with van der Waals surface area (Å²) in [5.41, 5.74) is 0.0670. The van der Waals surface area contributed by atoms with Gasteiger partial charge in [-0.05, 0) is 50.9 Å². The van der Waals surface area contributed by atoms with Crippen LogP contribution in [0.25, 0.3) is 0 Å². The van der Waals surface area contributed by atoms with Crippen LogP contribution < -0.4 is 5.32 Å². The van der Waals surface area contributed by atoms with E-state index in [4.69, 9.17) is 0 Å². The monoisotopic (exact) mass is 336 g/mol. The highest BCUT2D eigenvalue weighted by Crippen LogP contribution is 2.35. The van der Waals surface area contributed by atoms with Crippen molar-refractivity contribution in [3.05, 3.63) is 35.4 Å². The molecule has 0 radical (unpaired) electrons. The second-order valence-electron chi connectivity index (χ2n) is 7.17. The predicted molar refractivity (Wildman–Crippen MR) is 89.9 cm³/mol. The lowest BCUT2D eigenvalue weighted by Crippen LogP contribution is -2.58. The summed E-state index contributed by atoms with van der Waals surface area (Å²) in [5, 5.41) is 2.95. The molecule has 3 rings (SSSR count). The number of nitrogens with one attached hydrogen (secondary N) is 1. The van der Waals surface area contributed by atoms with Crippen LogP contribution in [-0.2, 0) is 0 Å². The Balaban J connectivity index is 1.69. The molecule has 1 heterocycles. The van der Waals surface area contributed by atoms with Crippen LogP contribution in [0.4, 0.5) is 8.78 Å². The summed E-state index contributed by atoms with van der Waals surface area (Å²) in [6.07, 6.45) is 9.49. The first kappa shape index (κ1) is 17.3. The number of hydrogen-bond acceptors (Lipinski definition) is 2. The third kappa shape index (κ3) is 3.94. The molecule has 0 atom stereocenters. The molecule has 132 valence electrons. The molecule has 0 spiro atoms. The topological polar surface area (TPSA) is 32.3 Å². The van der Waals surface area contributed by atoms with Crippen molar-refractivity contribution in [1.82, 2.24) is 10.2 Å². The van der Waals surface area contributed by atoms with Gasteiger partial charge >= 0.3 is 0 Å². The maximum atomic E-state index is 13.3. The van der Waals surface area contributed by atoms with Crippen molar-refractivity contribution in [2.75, 3.05) is 19.6 Å². The molecule has 0 unspecified atom stereocenters. The third-order valence-corrected chi connectivity index (χ3v) is 5.51. The normalized spacial score (nSPS) is 21.4. The van der Waals surface area contributed by atoms with Crippen LogP contribution in [0.1, 0.15) is 61.7 Å². The fourth-order valence-corrected chi connectivity index (χ4v) is 4.21. The van der Waals surface area contributed by atoms with Gasteiger partial charge < -0.3 is 5.32 Å². The van der Waals surface area contributed by atoms with Gasteiger partial charge in [0.15, 0.2) is 0 Å². The van der Waals surface area contributed by atoms with Gasteiger partial charge in [0, 0.05) is 23.7 Å². The third-order valence-electron chi connectivity index (χ3n) is 5.51. The van der Waals surface area contributed by atoms with E-state index >= 15 is 0 Å². The molecule has 1 N–H and O–H groups in total. The van der Waals surface area contributed by atoms with E-state index in [1.807, 2.05) is 0 Å². The Bertz CT molecular complexity index is 558. The molecule has 1 saturated heterocycles. The van der Waals surface area contributed by atoms with E-state index in [2.05, 4.69) is 10.2 Å². The Morgan fingerprint density at radius 3 is 2.17 bits per heavy atom. The van der Waals surface area contributed by atoms with Gasteiger partial charge in [-0.3, -0.25) is 9.69 Å². The van der Waals surface area contributed by atoms with Gasteiger partial charge in [0.05, 0.1) is 0 Å². The van der Waals surface area contributed by atoms with Gasteiger partial charge in [0.1, 0.15) is 11.6 Å². The molecule has 0 aromatic heterocycles. The number of halogens is 2. The number of benzene rings is 1. The van der Waals surface area contributed by atoms with Gasteiger partial charge in [-0.25, -0.2) is 8.78 Å².